The zero-order chi connectivity index (χ0) is 22.5. The Morgan fingerprint density at radius 1 is 1.03 bits per heavy atom. The SMILES string of the molecule is Cc1cccc([C@@H]2C[C@H](C(=O)N[C@H](C)c3ccccc3)CN(Cc3cccc(F)c3)C2)c1. The molecule has 0 saturated carbocycles. The second-order valence-electron chi connectivity index (χ2n) is 9.01. The zero-order valence-electron chi connectivity index (χ0n) is 18.8. The van der Waals surface area contributed by atoms with Gasteiger partial charge in [-0.15, -0.1) is 0 Å². The van der Waals surface area contributed by atoms with Crippen molar-refractivity contribution in [2.75, 3.05) is 13.1 Å². The van der Waals surface area contributed by atoms with Gasteiger partial charge in [-0.3, -0.25) is 9.69 Å². The van der Waals surface area contributed by atoms with Crippen LogP contribution in [0.1, 0.15) is 47.6 Å². The Kier molecular flexibility index (Phi) is 7.01. The molecule has 1 aliphatic heterocycles. The van der Waals surface area contributed by atoms with Gasteiger partial charge in [-0.25, -0.2) is 4.39 Å². The lowest BCUT2D eigenvalue weighted by Gasteiger charge is -2.38. The lowest BCUT2D eigenvalue weighted by atomic mass is 9.83. The molecule has 0 aromatic heterocycles. The number of likely N-dealkylation sites (tertiary alicyclic amines) is 1. The number of nitrogens with one attached hydrogen (secondary N) is 1. The summed E-state index contributed by atoms with van der Waals surface area (Å²) in [6.07, 6.45) is 0.816. The van der Waals surface area contributed by atoms with E-state index in [0.29, 0.717) is 13.1 Å². The first-order valence-corrected chi connectivity index (χ1v) is 11.4. The molecule has 1 fully saturated rings. The molecule has 1 N–H and O–H groups in total. The maximum Gasteiger partial charge on any atom is 0.224 e. The standard InChI is InChI=1S/C28H31FN2O/c1-20-8-6-12-24(14-20)25-16-26(28(32)30-21(2)23-10-4-3-5-11-23)19-31(18-25)17-22-9-7-13-27(29)15-22/h3-15,21,25-26H,16-19H2,1-2H3,(H,30,32)/t21-,25-,26+/m1/s1. The fourth-order valence-corrected chi connectivity index (χ4v) is 4.72. The van der Waals surface area contributed by atoms with Crippen molar-refractivity contribution in [3.8, 4) is 0 Å². The molecule has 0 bridgehead atoms. The summed E-state index contributed by atoms with van der Waals surface area (Å²) in [4.78, 5) is 15.6. The molecule has 4 heteroatoms. The Morgan fingerprint density at radius 2 is 1.81 bits per heavy atom. The maximum atomic E-state index is 13.7. The predicted octanol–water partition coefficient (Wildman–Crippen LogP) is 5.62. The quantitative estimate of drug-likeness (QED) is 0.551. The number of carbonyl (C=O) groups is 1. The van der Waals surface area contributed by atoms with E-state index in [0.717, 1.165) is 24.1 Å². The van der Waals surface area contributed by atoms with Gasteiger partial charge in [-0.2, -0.15) is 0 Å². The van der Waals surface area contributed by atoms with Crippen LogP contribution in [0.25, 0.3) is 0 Å². The summed E-state index contributed by atoms with van der Waals surface area (Å²) in [5, 5.41) is 3.22. The van der Waals surface area contributed by atoms with Crippen LogP contribution in [-0.4, -0.2) is 23.9 Å². The molecule has 0 unspecified atom stereocenters. The molecule has 1 heterocycles. The van der Waals surface area contributed by atoms with Crippen LogP contribution in [0.4, 0.5) is 4.39 Å². The van der Waals surface area contributed by atoms with E-state index in [1.807, 2.05) is 43.3 Å². The summed E-state index contributed by atoms with van der Waals surface area (Å²) >= 11 is 0. The Morgan fingerprint density at radius 3 is 2.56 bits per heavy atom. The van der Waals surface area contributed by atoms with Gasteiger partial charge < -0.3 is 5.32 Å². The summed E-state index contributed by atoms with van der Waals surface area (Å²) in [5.41, 5.74) is 4.53. The minimum Gasteiger partial charge on any atom is -0.349 e. The van der Waals surface area contributed by atoms with E-state index in [-0.39, 0.29) is 29.6 Å². The molecule has 0 aliphatic carbocycles. The third-order valence-electron chi connectivity index (χ3n) is 6.36. The summed E-state index contributed by atoms with van der Waals surface area (Å²) < 4.78 is 13.7. The van der Waals surface area contributed by atoms with Gasteiger partial charge in [-0.1, -0.05) is 72.3 Å². The second-order valence-corrected chi connectivity index (χ2v) is 9.01. The van der Waals surface area contributed by atoms with Crippen LogP contribution in [-0.2, 0) is 11.3 Å². The third-order valence-corrected chi connectivity index (χ3v) is 6.36. The Labute approximate surface area is 190 Å². The van der Waals surface area contributed by atoms with Gasteiger partial charge in [0.05, 0.1) is 12.0 Å². The largest absolute Gasteiger partial charge is 0.349 e. The van der Waals surface area contributed by atoms with Crippen LogP contribution < -0.4 is 5.32 Å². The number of amides is 1. The van der Waals surface area contributed by atoms with Gasteiger partial charge >= 0.3 is 0 Å². The number of carbonyl (C=O) groups excluding carboxylic acids is 1. The van der Waals surface area contributed by atoms with Crippen LogP contribution in [0.3, 0.4) is 0 Å². The molecular formula is C28H31FN2O. The number of benzene rings is 3. The first kappa shape index (κ1) is 22.2. The molecule has 3 aromatic carbocycles. The summed E-state index contributed by atoms with van der Waals surface area (Å²) in [6.45, 7) is 6.30. The van der Waals surface area contributed by atoms with E-state index in [2.05, 4.69) is 41.4 Å². The number of hydrogen-bond donors (Lipinski definition) is 1. The lowest BCUT2D eigenvalue weighted by Crippen LogP contribution is -2.45. The van der Waals surface area contributed by atoms with E-state index in [4.69, 9.17) is 0 Å². The molecule has 0 spiro atoms. The van der Waals surface area contributed by atoms with Gasteiger partial charge in [-0.05, 0) is 55.0 Å². The average molecular weight is 431 g/mol. The summed E-state index contributed by atoms with van der Waals surface area (Å²) in [5.74, 6) is 0.0117. The molecular weight excluding hydrogens is 399 g/mol. The van der Waals surface area contributed by atoms with Crippen LogP contribution in [0.5, 0.6) is 0 Å². The third kappa shape index (κ3) is 5.63. The predicted molar refractivity (Wildman–Crippen MR) is 127 cm³/mol. The van der Waals surface area contributed by atoms with Gasteiger partial charge in [0.2, 0.25) is 5.91 Å². The molecule has 4 rings (SSSR count). The fraction of sp³-hybridized carbons (Fsp3) is 0.321. The van der Waals surface area contributed by atoms with Crippen LogP contribution in [0, 0.1) is 18.7 Å². The van der Waals surface area contributed by atoms with Crippen molar-refractivity contribution in [3.05, 3.63) is 107 Å². The molecule has 0 radical (unpaired) electrons. The Balaban J connectivity index is 1.52. The zero-order valence-corrected chi connectivity index (χ0v) is 18.8. The molecule has 1 amide bonds. The highest BCUT2D eigenvalue weighted by atomic mass is 19.1. The highest BCUT2D eigenvalue weighted by Gasteiger charge is 2.33. The van der Waals surface area contributed by atoms with Crippen molar-refractivity contribution in [1.29, 1.82) is 0 Å². The highest BCUT2D eigenvalue weighted by Crippen LogP contribution is 2.32. The molecule has 3 aromatic rings. The maximum absolute atomic E-state index is 13.7. The van der Waals surface area contributed by atoms with Crippen LogP contribution in [0.15, 0.2) is 78.9 Å². The summed E-state index contributed by atoms with van der Waals surface area (Å²) in [7, 11) is 0. The van der Waals surface area contributed by atoms with Crippen molar-refractivity contribution in [3.63, 3.8) is 0 Å². The van der Waals surface area contributed by atoms with Crippen molar-refractivity contribution < 1.29 is 9.18 Å². The topological polar surface area (TPSA) is 32.3 Å². The van der Waals surface area contributed by atoms with Crippen LogP contribution in [0.2, 0.25) is 0 Å². The Bertz CT molecular complexity index is 1050. The number of aryl methyl sites for hydroxylation is 1. The number of hydrogen-bond acceptors (Lipinski definition) is 2. The van der Waals surface area contributed by atoms with Crippen molar-refractivity contribution in [2.45, 2.75) is 38.8 Å². The van der Waals surface area contributed by atoms with E-state index in [1.165, 1.54) is 17.2 Å². The smallest absolute Gasteiger partial charge is 0.224 e. The average Bonchev–Trinajstić information content (AvgIpc) is 2.79. The highest BCUT2D eigenvalue weighted by molar-refractivity contribution is 5.79. The first-order valence-electron chi connectivity index (χ1n) is 11.4. The van der Waals surface area contributed by atoms with Gasteiger partial charge in [0.15, 0.2) is 0 Å². The minimum atomic E-state index is -0.222. The second kappa shape index (κ2) is 10.1. The van der Waals surface area contributed by atoms with Crippen molar-refractivity contribution >= 4 is 5.91 Å². The van der Waals surface area contributed by atoms with Gasteiger partial charge in [0, 0.05) is 19.6 Å². The molecule has 166 valence electrons. The van der Waals surface area contributed by atoms with E-state index in [1.54, 1.807) is 12.1 Å². The molecule has 1 aliphatic rings. The lowest BCUT2D eigenvalue weighted by molar-refractivity contribution is -0.127. The van der Waals surface area contributed by atoms with Gasteiger partial charge in [0.1, 0.15) is 5.82 Å². The number of nitrogens with zero attached hydrogens (tertiary/aromatic N) is 1. The monoisotopic (exact) mass is 430 g/mol. The van der Waals surface area contributed by atoms with Crippen LogP contribution >= 0.6 is 0 Å². The Hall–Kier alpha value is -2.98. The fourth-order valence-electron chi connectivity index (χ4n) is 4.72. The molecule has 3 atom stereocenters. The van der Waals surface area contributed by atoms with E-state index < -0.39 is 0 Å². The molecule has 32 heavy (non-hydrogen) atoms. The number of halogens is 1. The first-order chi connectivity index (χ1) is 15.5. The van der Waals surface area contributed by atoms with Gasteiger partial charge in [0.25, 0.3) is 0 Å². The molecule has 1 saturated heterocycles. The minimum absolute atomic E-state index is 0.0419. The van der Waals surface area contributed by atoms with Crippen molar-refractivity contribution in [2.24, 2.45) is 5.92 Å². The van der Waals surface area contributed by atoms with Crippen molar-refractivity contribution in [1.82, 2.24) is 10.2 Å². The number of rotatable bonds is 6. The number of piperidine rings is 1. The van der Waals surface area contributed by atoms with E-state index >= 15 is 0 Å². The summed E-state index contributed by atoms with van der Waals surface area (Å²) in [6, 6.07) is 25.3. The normalized spacial score (nSPS) is 20.0. The molecule has 3 nitrogen and oxygen atoms in total. The van der Waals surface area contributed by atoms with E-state index in [9.17, 15) is 9.18 Å².